The van der Waals surface area contributed by atoms with E-state index in [1.807, 2.05) is 35.0 Å². The Morgan fingerprint density at radius 1 is 1.30 bits per heavy atom. The number of hydrogen-bond donors (Lipinski definition) is 1. The number of nitrogens with one attached hydrogen (secondary N) is 1. The number of carbonyl (C=O) groups is 1. The molecule has 3 rings (SSSR count). The molecule has 1 N–H and O–H groups in total. The average molecular weight is 311 g/mol. The van der Waals surface area contributed by atoms with Crippen molar-refractivity contribution in [3.8, 4) is 5.75 Å². The fraction of sp³-hybridized carbons (Fsp3) is 0.333. The molecule has 0 bridgehead atoms. The van der Waals surface area contributed by atoms with Crippen LogP contribution in [0.4, 0.5) is 5.82 Å². The maximum absolute atomic E-state index is 12.2. The van der Waals surface area contributed by atoms with Crippen molar-refractivity contribution in [2.24, 2.45) is 0 Å². The van der Waals surface area contributed by atoms with Crippen LogP contribution >= 0.6 is 0 Å². The Labute approximate surface area is 136 Å². The van der Waals surface area contributed by atoms with Crippen molar-refractivity contribution in [2.75, 3.05) is 12.4 Å². The number of methoxy groups -OCH3 is 1. The summed E-state index contributed by atoms with van der Waals surface area (Å²) in [5, 5.41) is 7.26. The molecule has 0 saturated heterocycles. The SMILES string of the molecule is COc1ccccc1C=CC(=O)Nc1ccnn1C1CCCC1. The van der Waals surface area contributed by atoms with E-state index in [0.29, 0.717) is 6.04 Å². The Morgan fingerprint density at radius 2 is 2.09 bits per heavy atom. The van der Waals surface area contributed by atoms with Gasteiger partial charge < -0.3 is 10.1 Å². The second kappa shape index (κ2) is 7.13. The number of anilines is 1. The molecule has 1 aliphatic carbocycles. The summed E-state index contributed by atoms with van der Waals surface area (Å²) in [6.07, 6.45) is 9.71. The highest BCUT2D eigenvalue weighted by Gasteiger charge is 2.20. The molecule has 1 amide bonds. The number of hydrogen-bond acceptors (Lipinski definition) is 3. The van der Waals surface area contributed by atoms with E-state index in [1.54, 1.807) is 19.4 Å². The zero-order valence-electron chi connectivity index (χ0n) is 13.2. The van der Waals surface area contributed by atoms with E-state index in [1.165, 1.54) is 18.9 Å². The second-order valence-corrected chi connectivity index (χ2v) is 5.66. The van der Waals surface area contributed by atoms with Gasteiger partial charge in [-0.3, -0.25) is 4.79 Å². The van der Waals surface area contributed by atoms with Crippen LogP contribution in [-0.4, -0.2) is 22.8 Å². The van der Waals surface area contributed by atoms with Gasteiger partial charge in [-0.05, 0) is 25.0 Å². The Balaban J connectivity index is 1.68. The van der Waals surface area contributed by atoms with E-state index >= 15 is 0 Å². The molecule has 1 saturated carbocycles. The maximum atomic E-state index is 12.2. The molecule has 0 unspecified atom stereocenters. The second-order valence-electron chi connectivity index (χ2n) is 5.66. The van der Waals surface area contributed by atoms with Gasteiger partial charge >= 0.3 is 0 Å². The third-order valence-electron chi connectivity index (χ3n) is 4.15. The van der Waals surface area contributed by atoms with Gasteiger partial charge in [0.15, 0.2) is 0 Å². The molecule has 1 aromatic carbocycles. The minimum atomic E-state index is -0.171. The number of para-hydroxylation sites is 1. The van der Waals surface area contributed by atoms with Crippen molar-refractivity contribution in [1.29, 1.82) is 0 Å². The number of carbonyl (C=O) groups excluding carboxylic acids is 1. The number of nitrogens with zero attached hydrogens (tertiary/aromatic N) is 2. The van der Waals surface area contributed by atoms with Crippen LogP contribution in [0.2, 0.25) is 0 Å². The lowest BCUT2D eigenvalue weighted by Crippen LogP contribution is -2.15. The molecule has 120 valence electrons. The van der Waals surface area contributed by atoms with Gasteiger partial charge in [0.1, 0.15) is 11.6 Å². The van der Waals surface area contributed by atoms with Crippen LogP contribution < -0.4 is 10.1 Å². The summed E-state index contributed by atoms with van der Waals surface area (Å²) in [7, 11) is 1.62. The molecule has 0 aliphatic heterocycles. The van der Waals surface area contributed by atoms with Gasteiger partial charge in [0.25, 0.3) is 0 Å². The van der Waals surface area contributed by atoms with Gasteiger partial charge in [-0.15, -0.1) is 0 Å². The minimum Gasteiger partial charge on any atom is -0.496 e. The first-order chi connectivity index (χ1) is 11.3. The van der Waals surface area contributed by atoms with Crippen LogP contribution in [0.15, 0.2) is 42.6 Å². The number of amides is 1. The zero-order valence-corrected chi connectivity index (χ0v) is 13.2. The largest absolute Gasteiger partial charge is 0.496 e. The van der Waals surface area contributed by atoms with Crippen LogP contribution in [0.1, 0.15) is 37.3 Å². The fourth-order valence-corrected chi connectivity index (χ4v) is 2.99. The van der Waals surface area contributed by atoms with Crippen LogP contribution in [0, 0.1) is 0 Å². The monoisotopic (exact) mass is 311 g/mol. The van der Waals surface area contributed by atoms with Crippen molar-refractivity contribution in [1.82, 2.24) is 9.78 Å². The topological polar surface area (TPSA) is 56.1 Å². The predicted molar refractivity (Wildman–Crippen MR) is 90.4 cm³/mol. The fourth-order valence-electron chi connectivity index (χ4n) is 2.99. The van der Waals surface area contributed by atoms with Crippen LogP contribution in [0.5, 0.6) is 5.75 Å². The molecule has 1 heterocycles. The normalized spacial score (nSPS) is 15.2. The smallest absolute Gasteiger partial charge is 0.249 e. The summed E-state index contributed by atoms with van der Waals surface area (Å²) in [4.78, 5) is 12.2. The highest BCUT2D eigenvalue weighted by atomic mass is 16.5. The average Bonchev–Trinajstić information content (AvgIpc) is 3.24. The Kier molecular flexibility index (Phi) is 4.76. The Morgan fingerprint density at radius 3 is 2.87 bits per heavy atom. The first-order valence-corrected chi connectivity index (χ1v) is 7.93. The van der Waals surface area contributed by atoms with Crippen LogP contribution in [-0.2, 0) is 4.79 Å². The van der Waals surface area contributed by atoms with Crippen molar-refractivity contribution in [3.05, 3.63) is 48.2 Å². The van der Waals surface area contributed by atoms with E-state index in [4.69, 9.17) is 4.74 Å². The molecule has 0 atom stereocenters. The van der Waals surface area contributed by atoms with Gasteiger partial charge in [-0.25, -0.2) is 4.68 Å². The predicted octanol–water partition coefficient (Wildman–Crippen LogP) is 3.66. The lowest BCUT2D eigenvalue weighted by atomic mass is 10.2. The Hall–Kier alpha value is -2.56. The lowest BCUT2D eigenvalue weighted by molar-refractivity contribution is -0.111. The van der Waals surface area contributed by atoms with Crippen molar-refractivity contribution in [3.63, 3.8) is 0 Å². The third-order valence-corrected chi connectivity index (χ3v) is 4.15. The van der Waals surface area contributed by atoms with Gasteiger partial charge in [0.05, 0.1) is 19.3 Å². The Bertz CT molecular complexity index is 700. The highest BCUT2D eigenvalue weighted by molar-refractivity contribution is 6.01. The maximum Gasteiger partial charge on any atom is 0.249 e. The van der Waals surface area contributed by atoms with E-state index in [0.717, 1.165) is 30.0 Å². The van der Waals surface area contributed by atoms with E-state index in [9.17, 15) is 4.79 Å². The van der Waals surface area contributed by atoms with Crippen LogP contribution in [0.25, 0.3) is 6.08 Å². The number of aromatic nitrogens is 2. The molecule has 1 aliphatic rings. The lowest BCUT2D eigenvalue weighted by Gasteiger charge is -2.13. The summed E-state index contributed by atoms with van der Waals surface area (Å²) < 4.78 is 7.21. The quantitative estimate of drug-likeness (QED) is 0.857. The first-order valence-electron chi connectivity index (χ1n) is 7.93. The molecule has 5 heteroatoms. The third kappa shape index (κ3) is 3.62. The van der Waals surface area contributed by atoms with Gasteiger partial charge in [0.2, 0.25) is 5.91 Å². The minimum absolute atomic E-state index is 0.171. The summed E-state index contributed by atoms with van der Waals surface area (Å²) >= 11 is 0. The molecule has 0 spiro atoms. The number of rotatable bonds is 5. The molecular formula is C18H21N3O2. The standard InChI is InChI=1S/C18H21N3O2/c1-23-16-9-5-2-6-14(16)10-11-18(22)20-17-12-13-19-21(17)15-7-3-4-8-15/h2,5-6,9-13,15H,3-4,7-8H2,1H3,(H,20,22). The summed E-state index contributed by atoms with van der Waals surface area (Å²) in [6.45, 7) is 0. The first kappa shape index (κ1) is 15.3. The van der Waals surface area contributed by atoms with Crippen molar-refractivity contribution in [2.45, 2.75) is 31.7 Å². The number of benzene rings is 1. The summed E-state index contributed by atoms with van der Waals surface area (Å²) in [5.41, 5.74) is 0.870. The summed E-state index contributed by atoms with van der Waals surface area (Å²) in [6, 6.07) is 9.83. The molecule has 5 nitrogen and oxygen atoms in total. The molecule has 0 radical (unpaired) electrons. The molecule has 1 aromatic heterocycles. The van der Waals surface area contributed by atoms with Crippen LogP contribution in [0.3, 0.4) is 0 Å². The van der Waals surface area contributed by atoms with Crippen molar-refractivity contribution >= 4 is 17.8 Å². The van der Waals surface area contributed by atoms with E-state index in [2.05, 4.69) is 10.4 Å². The van der Waals surface area contributed by atoms with Gasteiger partial charge in [-0.2, -0.15) is 5.10 Å². The molecule has 1 fully saturated rings. The number of ether oxygens (including phenoxy) is 1. The zero-order chi connectivity index (χ0) is 16.1. The van der Waals surface area contributed by atoms with Crippen molar-refractivity contribution < 1.29 is 9.53 Å². The highest BCUT2D eigenvalue weighted by Crippen LogP contribution is 2.31. The molecule has 2 aromatic rings. The van der Waals surface area contributed by atoms with E-state index < -0.39 is 0 Å². The van der Waals surface area contributed by atoms with Gasteiger partial charge in [-0.1, -0.05) is 31.0 Å². The molecule has 23 heavy (non-hydrogen) atoms. The van der Waals surface area contributed by atoms with E-state index in [-0.39, 0.29) is 5.91 Å². The van der Waals surface area contributed by atoms with Gasteiger partial charge in [0, 0.05) is 17.7 Å². The molecular weight excluding hydrogens is 290 g/mol. The summed E-state index contributed by atoms with van der Waals surface area (Å²) in [5.74, 6) is 1.33.